The number of alkyl halides is 2. The van der Waals surface area contributed by atoms with E-state index >= 15 is 0 Å². The molecule has 0 spiro atoms. The van der Waals surface area contributed by atoms with Gasteiger partial charge in [-0.3, -0.25) is 9.89 Å². The molecule has 0 aromatic heterocycles. The Morgan fingerprint density at radius 3 is 2.69 bits per heavy atom. The molecule has 148 valence electrons. The van der Waals surface area contributed by atoms with Crippen molar-refractivity contribution < 1.29 is 8.78 Å². The lowest BCUT2D eigenvalue weighted by atomic mass is 10.1. The summed E-state index contributed by atoms with van der Waals surface area (Å²) in [5, 5.41) is 6.74. The molecule has 4 nitrogen and oxygen atoms in total. The van der Waals surface area contributed by atoms with Crippen molar-refractivity contribution in [2.45, 2.75) is 38.2 Å². The number of nitrogens with one attached hydrogen (secondary N) is 2. The molecule has 1 aromatic rings. The van der Waals surface area contributed by atoms with Crippen LogP contribution in [0.25, 0.3) is 0 Å². The molecule has 1 saturated heterocycles. The quantitative estimate of drug-likeness (QED) is 0.237. The Morgan fingerprint density at radius 2 is 2.08 bits per heavy atom. The highest BCUT2D eigenvalue weighted by Crippen LogP contribution is 2.13. The van der Waals surface area contributed by atoms with Gasteiger partial charge >= 0.3 is 0 Å². The van der Waals surface area contributed by atoms with Crippen molar-refractivity contribution in [1.82, 2.24) is 15.5 Å². The number of rotatable bonds is 7. The Kier molecular flexibility index (Phi) is 11.6. The third-order valence-electron chi connectivity index (χ3n) is 4.37. The second-order valence-corrected chi connectivity index (χ2v) is 7.26. The molecule has 0 unspecified atom stereocenters. The SMILES string of the molecule is CN=C(NCCCc1cccc(Br)c1)NC1CCN(CC(F)F)CC1.I. The minimum absolute atomic E-state index is 0. The van der Waals surface area contributed by atoms with Crippen molar-refractivity contribution in [1.29, 1.82) is 0 Å². The standard InChI is InChI=1S/C18H27BrF2N4.HI/c1-22-18(23-9-3-5-14-4-2-6-15(19)12-14)24-16-7-10-25(11-8-16)13-17(20)21;/h2,4,6,12,16-17H,3,5,7-11,13H2,1H3,(H2,22,23,24);1H. The Bertz CT molecular complexity index is 552. The molecule has 0 amide bonds. The molecule has 1 aliphatic heterocycles. The first kappa shape index (κ1) is 23.6. The van der Waals surface area contributed by atoms with Gasteiger partial charge in [0.05, 0.1) is 6.54 Å². The van der Waals surface area contributed by atoms with Crippen LogP contribution in [-0.4, -0.2) is 56.6 Å². The number of hydrogen-bond acceptors (Lipinski definition) is 2. The largest absolute Gasteiger partial charge is 0.356 e. The first-order valence-corrected chi connectivity index (χ1v) is 9.58. The first-order valence-electron chi connectivity index (χ1n) is 8.79. The van der Waals surface area contributed by atoms with Gasteiger partial charge in [-0.15, -0.1) is 24.0 Å². The van der Waals surface area contributed by atoms with E-state index in [-0.39, 0.29) is 30.5 Å². The minimum atomic E-state index is -2.25. The van der Waals surface area contributed by atoms with Crippen LogP contribution < -0.4 is 10.6 Å². The van der Waals surface area contributed by atoms with Crippen LogP contribution in [0, 0.1) is 0 Å². The predicted molar refractivity (Wildman–Crippen MR) is 118 cm³/mol. The van der Waals surface area contributed by atoms with Crippen LogP contribution in [0.2, 0.25) is 0 Å². The van der Waals surface area contributed by atoms with Crippen LogP contribution in [0.3, 0.4) is 0 Å². The number of nitrogens with zero attached hydrogens (tertiary/aromatic N) is 2. The third kappa shape index (κ3) is 8.94. The normalized spacial score (nSPS) is 16.4. The molecule has 0 atom stereocenters. The van der Waals surface area contributed by atoms with Gasteiger partial charge in [-0.1, -0.05) is 28.1 Å². The van der Waals surface area contributed by atoms with Gasteiger partial charge in [0.25, 0.3) is 6.43 Å². The van der Waals surface area contributed by atoms with Crippen molar-refractivity contribution in [3.63, 3.8) is 0 Å². The molecule has 2 rings (SSSR count). The molecule has 1 fully saturated rings. The van der Waals surface area contributed by atoms with Gasteiger partial charge in [0.15, 0.2) is 5.96 Å². The molecule has 0 radical (unpaired) electrons. The van der Waals surface area contributed by atoms with Crippen molar-refractivity contribution in [3.8, 4) is 0 Å². The predicted octanol–water partition coefficient (Wildman–Crippen LogP) is 3.89. The summed E-state index contributed by atoms with van der Waals surface area (Å²) >= 11 is 3.49. The molecule has 1 heterocycles. The Hall–Kier alpha value is -0.480. The molecule has 2 N–H and O–H groups in total. The van der Waals surface area contributed by atoms with E-state index in [9.17, 15) is 8.78 Å². The molecule has 8 heteroatoms. The number of guanidine groups is 1. The Balaban J connectivity index is 0.00000338. The molecule has 1 aromatic carbocycles. The maximum absolute atomic E-state index is 12.4. The number of piperidine rings is 1. The summed E-state index contributed by atoms with van der Waals surface area (Å²) in [4.78, 5) is 6.09. The van der Waals surface area contributed by atoms with Crippen LogP contribution >= 0.6 is 39.9 Å². The zero-order valence-corrected chi connectivity index (χ0v) is 19.0. The van der Waals surface area contributed by atoms with Gasteiger partial charge in [0.2, 0.25) is 0 Å². The number of hydrogen-bond donors (Lipinski definition) is 2. The number of aliphatic imine (C=N–C) groups is 1. The van der Waals surface area contributed by atoms with E-state index in [4.69, 9.17) is 0 Å². The van der Waals surface area contributed by atoms with E-state index in [2.05, 4.69) is 43.7 Å². The molecule has 1 aliphatic rings. The fourth-order valence-electron chi connectivity index (χ4n) is 3.03. The number of benzene rings is 1. The zero-order chi connectivity index (χ0) is 18.1. The zero-order valence-electron chi connectivity index (χ0n) is 15.1. The van der Waals surface area contributed by atoms with Crippen molar-refractivity contribution in [3.05, 3.63) is 34.3 Å². The Labute approximate surface area is 180 Å². The molecule has 0 saturated carbocycles. The highest BCUT2D eigenvalue weighted by molar-refractivity contribution is 14.0. The minimum Gasteiger partial charge on any atom is -0.356 e. The van der Waals surface area contributed by atoms with E-state index in [1.54, 1.807) is 7.05 Å². The number of likely N-dealkylation sites (tertiary alicyclic amines) is 1. The summed E-state index contributed by atoms with van der Waals surface area (Å²) < 4.78 is 25.9. The molecular weight excluding hydrogens is 517 g/mol. The van der Waals surface area contributed by atoms with Crippen molar-refractivity contribution >= 4 is 45.9 Å². The van der Waals surface area contributed by atoms with Crippen LogP contribution in [0.15, 0.2) is 33.7 Å². The van der Waals surface area contributed by atoms with Crippen LogP contribution in [0.5, 0.6) is 0 Å². The van der Waals surface area contributed by atoms with Gasteiger partial charge in [-0.2, -0.15) is 0 Å². The fraction of sp³-hybridized carbons (Fsp3) is 0.611. The topological polar surface area (TPSA) is 39.7 Å². The van der Waals surface area contributed by atoms with Gasteiger partial charge in [-0.25, -0.2) is 8.78 Å². The number of halogens is 4. The molecular formula is C18H28BrF2IN4. The second kappa shape index (κ2) is 12.8. The lowest BCUT2D eigenvalue weighted by molar-refractivity contribution is 0.0744. The van der Waals surface area contributed by atoms with Crippen molar-refractivity contribution in [2.24, 2.45) is 4.99 Å². The van der Waals surface area contributed by atoms with Gasteiger partial charge < -0.3 is 10.6 Å². The van der Waals surface area contributed by atoms with E-state index in [1.165, 1.54) is 5.56 Å². The van der Waals surface area contributed by atoms with E-state index < -0.39 is 6.43 Å². The monoisotopic (exact) mass is 544 g/mol. The second-order valence-electron chi connectivity index (χ2n) is 6.34. The molecule has 26 heavy (non-hydrogen) atoms. The fourth-order valence-corrected chi connectivity index (χ4v) is 3.48. The number of aryl methyl sites for hydroxylation is 1. The van der Waals surface area contributed by atoms with E-state index in [1.807, 2.05) is 17.0 Å². The summed E-state index contributed by atoms with van der Waals surface area (Å²) in [7, 11) is 1.76. The lowest BCUT2D eigenvalue weighted by Crippen LogP contribution is -2.49. The van der Waals surface area contributed by atoms with Crippen LogP contribution in [-0.2, 0) is 6.42 Å². The van der Waals surface area contributed by atoms with Crippen LogP contribution in [0.1, 0.15) is 24.8 Å². The summed E-state index contributed by atoms with van der Waals surface area (Å²) in [6, 6.07) is 8.64. The average Bonchev–Trinajstić information content (AvgIpc) is 2.59. The van der Waals surface area contributed by atoms with Crippen molar-refractivity contribution in [2.75, 3.05) is 33.2 Å². The molecule has 0 aliphatic carbocycles. The highest BCUT2D eigenvalue weighted by atomic mass is 127. The molecule has 0 bridgehead atoms. The Morgan fingerprint density at radius 1 is 1.35 bits per heavy atom. The maximum atomic E-state index is 12.4. The van der Waals surface area contributed by atoms with E-state index in [0.717, 1.165) is 42.7 Å². The smallest absolute Gasteiger partial charge is 0.251 e. The summed E-state index contributed by atoms with van der Waals surface area (Å²) in [6.45, 7) is 2.15. The maximum Gasteiger partial charge on any atom is 0.251 e. The first-order chi connectivity index (χ1) is 12.1. The van der Waals surface area contributed by atoms with E-state index in [0.29, 0.717) is 19.1 Å². The van der Waals surface area contributed by atoms with Gasteiger partial charge in [0, 0.05) is 37.2 Å². The lowest BCUT2D eigenvalue weighted by Gasteiger charge is -2.32. The van der Waals surface area contributed by atoms with Crippen LogP contribution in [0.4, 0.5) is 8.78 Å². The highest BCUT2D eigenvalue weighted by Gasteiger charge is 2.21. The van der Waals surface area contributed by atoms with Gasteiger partial charge in [0.1, 0.15) is 0 Å². The summed E-state index contributed by atoms with van der Waals surface area (Å²) in [6.07, 6.45) is 1.51. The van der Waals surface area contributed by atoms with Gasteiger partial charge in [-0.05, 0) is 43.4 Å². The summed E-state index contributed by atoms with van der Waals surface area (Å²) in [5.41, 5.74) is 1.31. The summed E-state index contributed by atoms with van der Waals surface area (Å²) in [5.74, 6) is 0.793. The third-order valence-corrected chi connectivity index (χ3v) is 4.87. The average molecular weight is 545 g/mol.